The summed E-state index contributed by atoms with van der Waals surface area (Å²) in [5.74, 6) is -0.916. The van der Waals surface area contributed by atoms with Crippen LogP contribution in [0, 0.1) is 6.92 Å². The number of fused-ring (bicyclic) bond motifs is 1. The predicted octanol–water partition coefficient (Wildman–Crippen LogP) is 3.72. The maximum Gasteiger partial charge on any atom is 0.328 e. The third-order valence-electron chi connectivity index (χ3n) is 3.74. The first-order chi connectivity index (χ1) is 10.1. The Labute approximate surface area is 128 Å². The number of hydrogen-bond acceptors (Lipinski definition) is 3. The molecule has 0 bridgehead atoms. The standard InChI is InChI=1S/C17H17NO2S/c1-12-2-4-15(13(10-12)3-5-17(19)20)18-8-6-16-14(11-18)7-9-21-16/h2-5,7,9-10H,6,8,11H2,1H3,(H,19,20)/b5-3+. The molecule has 0 saturated heterocycles. The van der Waals surface area contributed by atoms with Gasteiger partial charge in [-0.2, -0.15) is 0 Å². The lowest BCUT2D eigenvalue weighted by Crippen LogP contribution is -2.29. The average molecular weight is 299 g/mol. The van der Waals surface area contributed by atoms with Crippen LogP contribution in [0.3, 0.4) is 0 Å². The minimum atomic E-state index is -0.916. The van der Waals surface area contributed by atoms with Crippen LogP contribution < -0.4 is 4.90 Å². The van der Waals surface area contributed by atoms with E-state index in [1.54, 1.807) is 6.08 Å². The van der Waals surface area contributed by atoms with Gasteiger partial charge in [0.2, 0.25) is 0 Å². The molecule has 3 rings (SSSR count). The van der Waals surface area contributed by atoms with Gasteiger partial charge in [0.1, 0.15) is 0 Å². The molecule has 0 radical (unpaired) electrons. The zero-order valence-electron chi connectivity index (χ0n) is 11.9. The molecule has 0 amide bonds. The predicted molar refractivity (Wildman–Crippen MR) is 86.9 cm³/mol. The lowest BCUT2D eigenvalue weighted by Gasteiger charge is -2.30. The molecule has 0 atom stereocenters. The second kappa shape index (κ2) is 5.74. The van der Waals surface area contributed by atoms with Crippen LogP contribution in [-0.2, 0) is 17.8 Å². The van der Waals surface area contributed by atoms with E-state index in [-0.39, 0.29) is 0 Å². The number of hydrogen-bond donors (Lipinski definition) is 1. The molecular formula is C17H17NO2S. The Morgan fingerprint density at radius 1 is 1.38 bits per heavy atom. The summed E-state index contributed by atoms with van der Waals surface area (Å²) in [5, 5.41) is 11.0. The van der Waals surface area contributed by atoms with Crippen LogP contribution in [0.15, 0.2) is 35.7 Å². The van der Waals surface area contributed by atoms with E-state index in [9.17, 15) is 4.79 Å². The van der Waals surface area contributed by atoms with E-state index in [4.69, 9.17) is 5.11 Å². The van der Waals surface area contributed by atoms with Crippen molar-refractivity contribution in [1.29, 1.82) is 0 Å². The number of carboxylic acid groups (broad SMARTS) is 1. The summed E-state index contributed by atoms with van der Waals surface area (Å²) < 4.78 is 0. The first kappa shape index (κ1) is 13.9. The largest absolute Gasteiger partial charge is 0.478 e. The molecule has 3 nitrogen and oxygen atoms in total. The first-order valence-corrected chi connectivity index (χ1v) is 7.83. The van der Waals surface area contributed by atoms with Gasteiger partial charge in [0.25, 0.3) is 0 Å². The van der Waals surface area contributed by atoms with Crippen LogP contribution in [0.2, 0.25) is 0 Å². The monoisotopic (exact) mass is 299 g/mol. The molecule has 108 valence electrons. The van der Waals surface area contributed by atoms with Crippen LogP contribution in [0.1, 0.15) is 21.6 Å². The molecule has 0 fully saturated rings. The van der Waals surface area contributed by atoms with Gasteiger partial charge in [-0.1, -0.05) is 11.6 Å². The highest BCUT2D eigenvalue weighted by atomic mass is 32.1. The molecule has 0 spiro atoms. The van der Waals surface area contributed by atoms with Crippen LogP contribution in [0.25, 0.3) is 6.08 Å². The van der Waals surface area contributed by atoms with Gasteiger partial charge in [-0.05, 0) is 54.1 Å². The fourth-order valence-corrected chi connectivity index (χ4v) is 3.60. The Hall–Kier alpha value is -2.07. The highest BCUT2D eigenvalue weighted by Gasteiger charge is 2.19. The number of rotatable bonds is 3. The van der Waals surface area contributed by atoms with E-state index in [1.807, 2.05) is 24.3 Å². The summed E-state index contributed by atoms with van der Waals surface area (Å²) in [7, 11) is 0. The molecular weight excluding hydrogens is 282 g/mol. The van der Waals surface area contributed by atoms with Gasteiger partial charge in [0.05, 0.1) is 0 Å². The van der Waals surface area contributed by atoms with E-state index >= 15 is 0 Å². The smallest absolute Gasteiger partial charge is 0.328 e. The Balaban J connectivity index is 1.93. The van der Waals surface area contributed by atoms with E-state index in [0.717, 1.165) is 36.3 Å². The maximum absolute atomic E-state index is 10.8. The number of carboxylic acids is 1. The second-order valence-corrected chi connectivity index (χ2v) is 6.28. The Morgan fingerprint density at radius 3 is 3.05 bits per heavy atom. The SMILES string of the molecule is Cc1ccc(N2CCc3sccc3C2)c(/C=C/C(=O)O)c1. The fraction of sp³-hybridized carbons (Fsp3) is 0.235. The van der Waals surface area contributed by atoms with Crippen molar-refractivity contribution < 1.29 is 9.90 Å². The third-order valence-corrected chi connectivity index (χ3v) is 4.76. The summed E-state index contributed by atoms with van der Waals surface area (Å²) in [6, 6.07) is 8.40. The molecule has 2 aromatic rings. The van der Waals surface area contributed by atoms with Crippen LogP contribution in [0.4, 0.5) is 5.69 Å². The fourth-order valence-electron chi connectivity index (χ4n) is 2.71. The number of carbonyl (C=O) groups is 1. The molecule has 1 N–H and O–H groups in total. The molecule has 0 saturated carbocycles. The van der Waals surface area contributed by atoms with Crippen LogP contribution >= 0.6 is 11.3 Å². The van der Waals surface area contributed by atoms with Gasteiger partial charge < -0.3 is 10.0 Å². The molecule has 0 unspecified atom stereocenters. The molecule has 1 aliphatic rings. The molecule has 2 heterocycles. The first-order valence-electron chi connectivity index (χ1n) is 6.95. The molecule has 1 aromatic heterocycles. The number of aliphatic carboxylic acids is 1. The molecule has 21 heavy (non-hydrogen) atoms. The summed E-state index contributed by atoms with van der Waals surface area (Å²) >= 11 is 1.83. The highest BCUT2D eigenvalue weighted by molar-refractivity contribution is 7.10. The van der Waals surface area contributed by atoms with Gasteiger partial charge in [-0.25, -0.2) is 4.79 Å². The van der Waals surface area contributed by atoms with E-state index in [0.29, 0.717) is 0 Å². The number of anilines is 1. The second-order valence-electron chi connectivity index (χ2n) is 5.27. The minimum Gasteiger partial charge on any atom is -0.478 e. The van der Waals surface area contributed by atoms with Crippen molar-refractivity contribution in [2.75, 3.05) is 11.4 Å². The lowest BCUT2D eigenvalue weighted by atomic mass is 10.0. The normalized spacial score (nSPS) is 14.4. The Kier molecular flexibility index (Phi) is 3.80. The van der Waals surface area contributed by atoms with Gasteiger partial charge in [-0.3, -0.25) is 0 Å². The molecule has 0 aliphatic carbocycles. The van der Waals surface area contributed by atoms with Crippen molar-refractivity contribution in [3.05, 3.63) is 57.3 Å². The van der Waals surface area contributed by atoms with Crippen molar-refractivity contribution in [2.24, 2.45) is 0 Å². The van der Waals surface area contributed by atoms with Crippen LogP contribution in [0.5, 0.6) is 0 Å². The van der Waals surface area contributed by atoms with Gasteiger partial charge in [0.15, 0.2) is 0 Å². The number of benzene rings is 1. The topological polar surface area (TPSA) is 40.5 Å². The number of nitrogens with zero attached hydrogens (tertiary/aromatic N) is 1. The van der Waals surface area contributed by atoms with E-state index in [2.05, 4.69) is 28.5 Å². The van der Waals surface area contributed by atoms with Crippen LogP contribution in [-0.4, -0.2) is 17.6 Å². The number of thiophene rings is 1. The minimum absolute atomic E-state index is 0.899. The molecule has 1 aliphatic heterocycles. The molecule has 1 aromatic carbocycles. The van der Waals surface area contributed by atoms with Gasteiger partial charge in [-0.15, -0.1) is 11.3 Å². The highest BCUT2D eigenvalue weighted by Crippen LogP contribution is 2.30. The summed E-state index contributed by atoms with van der Waals surface area (Å²) in [5.41, 5.74) is 4.60. The Morgan fingerprint density at radius 2 is 2.24 bits per heavy atom. The number of aryl methyl sites for hydroxylation is 1. The van der Waals surface area contributed by atoms with Crippen molar-refractivity contribution in [2.45, 2.75) is 19.9 Å². The lowest BCUT2D eigenvalue weighted by molar-refractivity contribution is -0.131. The average Bonchev–Trinajstić information content (AvgIpc) is 2.92. The zero-order chi connectivity index (χ0) is 14.8. The Bertz CT molecular complexity index is 703. The summed E-state index contributed by atoms with van der Waals surface area (Å²) in [4.78, 5) is 14.6. The van der Waals surface area contributed by atoms with Gasteiger partial charge >= 0.3 is 5.97 Å². The summed E-state index contributed by atoms with van der Waals surface area (Å²) in [6.07, 6.45) is 3.95. The van der Waals surface area contributed by atoms with Crippen molar-refractivity contribution in [3.63, 3.8) is 0 Å². The zero-order valence-corrected chi connectivity index (χ0v) is 12.7. The third kappa shape index (κ3) is 3.00. The summed E-state index contributed by atoms with van der Waals surface area (Å²) in [6.45, 7) is 3.90. The molecule has 4 heteroatoms. The van der Waals surface area contributed by atoms with Crippen molar-refractivity contribution in [3.8, 4) is 0 Å². The van der Waals surface area contributed by atoms with Gasteiger partial charge in [0, 0.05) is 29.7 Å². The quantitative estimate of drug-likeness (QED) is 0.878. The van der Waals surface area contributed by atoms with Crippen molar-refractivity contribution in [1.82, 2.24) is 0 Å². The van der Waals surface area contributed by atoms with Crippen molar-refractivity contribution >= 4 is 29.1 Å². The maximum atomic E-state index is 10.8. The van der Waals surface area contributed by atoms with E-state index < -0.39 is 5.97 Å². The van der Waals surface area contributed by atoms with E-state index in [1.165, 1.54) is 16.5 Å².